The summed E-state index contributed by atoms with van der Waals surface area (Å²) in [4.78, 5) is 4.25. The van der Waals surface area contributed by atoms with Crippen LogP contribution in [-0.4, -0.2) is 34.3 Å². The Morgan fingerprint density at radius 3 is 2.20 bits per heavy atom. The van der Waals surface area contributed by atoms with Crippen LogP contribution in [0.3, 0.4) is 0 Å². The fourth-order valence-corrected chi connectivity index (χ4v) is 2.34. The van der Waals surface area contributed by atoms with Crippen LogP contribution < -0.4 is 20.1 Å². The molecule has 25 heavy (non-hydrogen) atoms. The molecule has 0 aliphatic heterocycles. The van der Waals surface area contributed by atoms with E-state index in [1.807, 2.05) is 18.2 Å². The third kappa shape index (κ3) is 5.39. The molecule has 0 radical (unpaired) electrons. The molecule has 2 aromatic rings. The molecule has 0 bridgehead atoms. The summed E-state index contributed by atoms with van der Waals surface area (Å²) in [6.07, 6.45) is 0. The molecule has 0 aromatic heterocycles. The van der Waals surface area contributed by atoms with Crippen molar-refractivity contribution in [3.05, 3.63) is 53.6 Å². The van der Waals surface area contributed by atoms with Gasteiger partial charge in [0.1, 0.15) is 0 Å². The minimum atomic E-state index is 0.621. The standard InChI is InChI=1S/C19H25N3O3/c1-20-19(21-12-14-5-7-15(8-6-14)13-23-2)22-16-9-10-17(24-3)18(11-16)25-4/h5-11H,12-13H2,1-4H3,(H2,20,21,22). The largest absolute Gasteiger partial charge is 0.493 e. The molecule has 0 fully saturated rings. The molecule has 0 saturated heterocycles. The number of anilines is 1. The highest BCUT2D eigenvalue weighted by atomic mass is 16.5. The predicted molar refractivity (Wildman–Crippen MR) is 101 cm³/mol. The van der Waals surface area contributed by atoms with Gasteiger partial charge < -0.3 is 24.8 Å². The molecule has 2 N–H and O–H groups in total. The zero-order valence-electron chi connectivity index (χ0n) is 15.1. The van der Waals surface area contributed by atoms with Gasteiger partial charge in [-0.3, -0.25) is 4.99 Å². The maximum atomic E-state index is 5.32. The summed E-state index contributed by atoms with van der Waals surface area (Å²) in [7, 11) is 6.66. The molecule has 0 aliphatic carbocycles. The minimum Gasteiger partial charge on any atom is -0.493 e. The summed E-state index contributed by atoms with van der Waals surface area (Å²) >= 11 is 0. The van der Waals surface area contributed by atoms with Gasteiger partial charge in [0.15, 0.2) is 17.5 Å². The van der Waals surface area contributed by atoms with Gasteiger partial charge in [-0.15, -0.1) is 0 Å². The highest BCUT2D eigenvalue weighted by Crippen LogP contribution is 2.29. The Balaban J connectivity index is 1.96. The van der Waals surface area contributed by atoms with Gasteiger partial charge in [0.25, 0.3) is 0 Å². The zero-order chi connectivity index (χ0) is 18.1. The molecule has 6 nitrogen and oxygen atoms in total. The van der Waals surface area contributed by atoms with E-state index in [1.54, 1.807) is 28.4 Å². The third-order valence-electron chi connectivity index (χ3n) is 3.66. The van der Waals surface area contributed by atoms with E-state index in [-0.39, 0.29) is 0 Å². The maximum Gasteiger partial charge on any atom is 0.195 e. The van der Waals surface area contributed by atoms with E-state index in [9.17, 15) is 0 Å². The summed E-state index contributed by atoms with van der Waals surface area (Å²) in [5, 5.41) is 6.53. The van der Waals surface area contributed by atoms with Gasteiger partial charge in [-0.2, -0.15) is 0 Å². The van der Waals surface area contributed by atoms with Gasteiger partial charge in [0, 0.05) is 32.5 Å². The number of hydrogen-bond donors (Lipinski definition) is 2. The molecule has 0 saturated carbocycles. The number of rotatable bonds is 7. The van der Waals surface area contributed by atoms with Gasteiger partial charge >= 0.3 is 0 Å². The average molecular weight is 343 g/mol. The molecule has 2 aromatic carbocycles. The van der Waals surface area contributed by atoms with Crippen molar-refractivity contribution in [2.45, 2.75) is 13.2 Å². The molecular formula is C19H25N3O3. The SMILES string of the molecule is CN=C(NCc1ccc(COC)cc1)Nc1ccc(OC)c(OC)c1. The fraction of sp³-hybridized carbons (Fsp3) is 0.316. The quantitative estimate of drug-likeness (QED) is 0.598. The van der Waals surface area contributed by atoms with Crippen molar-refractivity contribution in [3.63, 3.8) is 0 Å². The van der Waals surface area contributed by atoms with Crippen LogP contribution in [0.5, 0.6) is 11.5 Å². The van der Waals surface area contributed by atoms with E-state index in [2.05, 4.69) is 39.9 Å². The first kappa shape index (κ1) is 18.6. The number of nitrogens with zero attached hydrogens (tertiary/aromatic N) is 1. The molecule has 0 atom stereocenters. The first-order valence-corrected chi connectivity index (χ1v) is 7.96. The first-order valence-electron chi connectivity index (χ1n) is 7.96. The number of methoxy groups -OCH3 is 3. The Bertz CT molecular complexity index is 700. The molecular weight excluding hydrogens is 318 g/mol. The lowest BCUT2D eigenvalue weighted by atomic mass is 10.1. The average Bonchev–Trinajstić information content (AvgIpc) is 2.66. The van der Waals surface area contributed by atoms with Crippen LogP contribution >= 0.6 is 0 Å². The molecule has 0 unspecified atom stereocenters. The van der Waals surface area contributed by atoms with E-state index in [1.165, 1.54) is 0 Å². The second kappa shape index (κ2) is 9.54. The number of nitrogens with one attached hydrogen (secondary N) is 2. The third-order valence-corrected chi connectivity index (χ3v) is 3.66. The van der Waals surface area contributed by atoms with Crippen molar-refractivity contribution in [1.82, 2.24) is 5.32 Å². The van der Waals surface area contributed by atoms with Crippen LogP contribution in [0.15, 0.2) is 47.5 Å². The summed E-state index contributed by atoms with van der Waals surface area (Å²) in [5.74, 6) is 2.03. The second-order valence-corrected chi connectivity index (χ2v) is 5.37. The summed E-state index contributed by atoms with van der Waals surface area (Å²) in [6, 6.07) is 13.9. The van der Waals surface area contributed by atoms with Gasteiger partial charge in [-0.05, 0) is 23.3 Å². The molecule has 0 amide bonds. The smallest absolute Gasteiger partial charge is 0.195 e. The van der Waals surface area contributed by atoms with Crippen LogP contribution in [0.1, 0.15) is 11.1 Å². The second-order valence-electron chi connectivity index (χ2n) is 5.37. The number of guanidine groups is 1. The van der Waals surface area contributed by atoms with Crippen molar-refractivity contribution in [2.24, 2.45) is 4.99 Å². The Morgan fingerprint density at radius 2 is 1.60 bits per heavy atom. The number of aliphatic imine (C=N–C) groups is 1. The lowest BCUT2D eigenvalue weighted by Crippen LogP contribution is -2.30. The molecule has 134 valence electrons. The van der Waals surface area contributed by atoms with Gasteiger partial charge in [-0.1, -0.05) is 24.3 Å². The van der Waals surface area contributed by atoms with E-state index < -0.39 is 0 Å². The van der Waals surface area contributed by atoms with E-state index in [4.69, 9.17) is 14.2 Å². The van der Waals surface area contributed by atoms with Crippen molar-refractivity contribution >= 4 is 11.6 Å². The number of ether oxygens (including phenoxy) is 3. The van der Waals surface area contributed by atoms with Gasteiger partial charge in [0.05, 0.1) is 20.8 Å². The lowest BCUT2D eigenvalue weighted by molar-refractivity contribution is 0.185. The topological polar surface area (TPSA) is 64.1 Å². The predicted octanol–water partition coefficient (Wildman–Crippen LogP) is 3.04. The Kier molecular flexibility index (Phi) is 7.10. The van der Waals surface area contributed by atoms with Gasteiger partial charge in [-0.25, -0.2) is 0 Å². The molecule has 0 heterocycles. The van der Waals surface area contributed by atoms with Crippen LogP contribution in [0, 0.1) is 0 Å². The normalized spacial score (nSPS) is 11.1. The van der Waals surface area contributed by atoms with Crippen LogP contribution in [-0.2, 0) is 17.9 Å². The van der Waals surface area contributed by atoms with Crippen LogP contribution in [0.4, 0.5) is 5.69 Å². The fourth-order valence-electron chi connectivity index (χ4n) is 2.34. The maximum absolute atomic E-state index is 5.32. The van der Waals surface area contributed by atoms with Crippen molar-refractivity contribution in [3.8, 4) is 11.5 Å². The molecule has 0 aliphatic rings. The molecule has 6 heteroatoms. The van der Waals surface area contributed by atoms with E-state index >= 15 is 0 Å². The monoisotopic (exact) mass is 343 g/mol. The van der Waals surface area contributed by atoms with E-state index in [0.717, 1.165) is 16.8 Å². The highest BCUT2D eigenvalue weighted by molar-refractivity contribution is 5.93. The lowest BCUT2D eigenvalue weighted by Gasteiger charge is -2.14. The van der Waals surface area contributed by atoms with Crippen molar-refractivity contribution in [2.75, 3.05) is 33.7 Å². The van der Waals surface area contributed by atoms with Gasteiger partial charge in [0.2, 0.25) is 0 Å². The summed E-state index contributed by atoms with van der Waals surface area (Å²) in [6.45, 7) is 1.29. The Morgan fingerprint density at radius 1 is 0.920 bits per heavy atom. The first-order chi connectivity index (χ1) is 12.2. The molecule has 2 rings (SSSR count). The molecule has 0 spiro atoms. The zero-order valence-corrected chi connectivity index (χ0v) is 15.1. The Hall–Kier alpha value is -2.73. The van der Waals surface area contributed by atoms with Crippen molar-refractivity contribution < 1.29 is 14.2 Å². The summed E-state index contributed by atoms with van der Waals surface area (Å²) in [5.41, 5.74) is 3.18. The van der Waals surface area contributed by atoms with Crippen LogP contribution in [0.2, 0.25) is 0 Å². The highest BCUT2D eigenvalue weighted by Gasteiger charge is 2.06. The van der Waals surface area contributed by atoms with Crippen LogP contribution in [0.25, 0.3) is 0 Å². The minimum absolute atomic E-state index is 0.621. The summed E-state index contributed by atoms with van der Waals surface area (Å²) < 4.78 is 15.7. The van der Waals surface area contributed by atoms with Crippen molar-refractivity contribution in [1.29, 1.82) is 0 Å². The van der Waals surface area contributed by atoms with E-state index in [0.29, 0.717) is 30.6 Å². The number of hydrogen-bond acceptors (Lipinski definition) is 4. The Labute approximate surface area is 148 Å². The number of benzene rings is 2.